The largest absolute Gasteiger partial charge is 0.328 e. The molecule has 0 bridgehead atoms. The highest BCUT2D eigenvalue weighted by atomic mass is 32.2. The Kier molecular flexibility index (Phi) is 5.76. The molecule has 164 valence electrons. The van der Waals surface area contributed by atoms with Gasteiger partial charge in [0.2, 0.25) is 21.8 Å². The summed E-state index contributed by atoms with van der Waals surface area (Å²) in [6.45, 7) is 0.236. The van der Waals surface area contributed by atoms with Crippen LogP contribution in [0.2, 0.25) is 0 Å². The number of carbonyl (C=O) groups is 2. The Hall–Kier alpha value is -2.85. The maximum absolute atomic E-state index is 13.6. The third-order valence-electron chi connectivity index (χ3n) is 5.61. The fourth-order valence-electron chi connectivity index (χ4n) is 3.97. The Morgan fingerprint density at radius 2 is 1.68 bits per heavy atom. The molecular weight excluding hydrogens is 428 g/mol. The van der Waals surface area contributed by atoms with Crippen LogP contribution in [-0.4, -0.2) is 66.6 Å². The van der Waals surface area contributed by atoms with Gasteiger partial charge >= 0.3 is 0 Å². The topological polar surface area (TPSA) is 78.0 Å². The van der Waals surface area contributed by atoms with Crippen molar-refractivity contribution in [1.82, 2.24) is 14.1 Å². The SMILES string of the molecule is O=C1C2CCN(S(=O)(=O)c3ccc(F)c(F)c3)CCN2C(=O)CN1Cc1ccccc1. The van der Waals surface area contributed by atoms with Gasteiger partial charge in [-0.3, -0.25) is 9.59 Å². The normalized spacial score (nSPS) is 20.5. The summed E-state index contributed by atoms with van der Waals surface area (Å²) in [6, 6.07) is 11.0. The number of rotatable bonds is 4. The van der Waals surface area contributed by atoms with Crippen molar-refractivity contribution in [2.45, 2.75) is 23.9 Å². The van der Waals surface area contributed by atoms with Crippen LogP contribution >= 0.6 is 0 Å². The van der Waals surface area contributed by atoms with E-state index < -0.39 is 27.7 Å². The third-order valence-corrected chi connectivity index (χ3v) is 7.50. The average Bonchev–Trinajstić information content (AvgIpc) is 2.99. The number of benzene rings is 2. The summed E-state index contributed by atoms with van der Waals surface area (Å²) in [6.07, 6.45) is 0.124. The summed E-state index contributed by atoms with van der Waals surface area (Å²) in [4.78, 5) is 28.3. The van der Waals surface area contributed by atoms with Gasteiger partial charge in [0.25, 0.3) is 0 Å². The van der Waals surface area contributed by atoms with Crippen LogP contribution in [-0.2, 0) is 26.2 Å². The number of hydrogen-bond donors (Lipinski definition) is 0. The van der Waals surface area contributed by atoms with Gasteiger partial charge in [0, 0.05) is 26.2 Å². The second-order valence-electron chi connectivity index (χ2n) is 7.55. The number of sulfonamides is 1. The van der Waals surface area contributed by atoms with Crippen LogP contribution in [0.4, 0.5) is 8.78 Å². The lowest BCUT2D eigenvalue weighted by molar-refractivity contribution is -0.156. The average molecular weight is 449 g/mol. The van der Waals surface area contributed by atoms with Gasteiger partial charge in [-0.15, -0.1) is 0 Å². The van der Waals surface area contributed by atoms with Gasteiger partial charge in [-0.05, 0) is 30.2 Å². The fraction of sp³-hybridized carbons (Fsp3) is 0.333. The molecule has 0 radical (unpaired) electrons. The lowest BCUT2D eigenvalue weighted by Gasteiger charge is -2.39. The molecule has 2 amide bonds. The summed E-state index contributed by atoms with van der Waals surface area (Å²) in [5.41, 5.74) is 0.897. The summed E-state index contributed by atoms with van der Waals surface area (Å²) < 4.78 is 53.7. The molecule has 2 fully saturated rings. The van der Waals surface area contributed by atoms with Crippen molar-refractivity contribution < 1.29 is 26.8 Å². The first kappa shape index (κ1) is 21.4. The van der Waals surface area contributed by atoms with Crippen molar-refractivity contribution in [2.75, 3.05) is 26.2 Å². The summed E-state index contributed by atoms with van der Waals surface area (Å²) in [7, 11) is -4.10. The smallest absolute Gasteiger partial charge is 0.246 e. The van der Waals surface area contributed by atoms with Crippen LogP contribution in [0.5, 0.6) is 0 Å². The standard InChI is InChI=1S/C21H21F2N3O4S/c22-17-7-6-16(12-18(17)23)31(29,30)25-9-8-19-21(28)24(13-15-4-2-1-3-5-15)14-20(27)26(19)11-10-25/h1-7,12,19H,8-11,13-14H2. The number of hydrogen-bond acceptors (Lipinski definition) is 4. The number of fused-ring (bicyclic) bond motifs is 1. The zero-order valence-corrected chi connectivity index (χ0v) is 17.4. The molecule has 7 nitrogen and oxygen atoms in total. The molecule has 0 aliphatic carbocycles. The van der Waals surface area contributed by atoms with Gasteiger partial charge in [0.15, 0.2) is 11.6 Å². The predicted molar refractivity (Wildman–Crippen MR) is 107 cm³/mol. The van der Waals surface area contributed by atoms with Gasteiger partial charge in [0.05, 0.1) is 4.90 Å². The molecule has 10 heteroatoms. The second kappa shape index (κ2) is 8.35. The lowest BCUT2D eigenvalue weighted by atomic mass is 10.1. The van der Waals surface area contributed by atoms with Crippen molar-refractivity contribution in [2.24, 2.45) is 0 Å². The minimum Gasteiger partial charge on any atom is -0.328 e. The summed E-state index contributed by atoms with van der Waals surface area (Å²) >= 11 is 0. The van der Waals surface area contributed by atoms with Gasteiger partial charge in [-0.2, -0.15) is 4.31 Å². The first-order valence-electron chi connectivity index (χ1n) is 9.85. The number of amides is 2. The quantitative estimate of drug-likeness (QED) is 0.711. The molecule has 31 heavy (non-hydrogen) atoms. The van der Waals surface area contributed by atoms with E-state index in [1.54, 1.807) is 0 Å². The van der Waals surface area contributed by atoms with E-state index in [0.29, 0.717) is 12.6 Å². The Morgan fingerprint density at radius 1 is 0.935 bits per heavy atom. The molecule has 2 saturated heterocycles. The van der Waals surface area contributed by atoms with Gasteiger partial charge in [-0.1, -0.05) is 30.3 Å². The van der Waals surface area contributed by atoms with E-state index in [1.165, 1.54) is 9.80 Å². The number of carbonyl (C=O) groups excluding carboxylic acids is 2. The Balaban J connectivity index is 1.52. The Bertz CT molecular complexity index is 1110. The monoisotopic (exact) mass is 449 g/mol. The molecule has 2 aliphatic heterocycles. The molecule has 4 rings (SSSR count). The van der Waals surface area contributed by atoms with Crippen LogP contribution in [0.3, 0.4) is 0 Å². The van der Waals surface area contributed by atoms with Crippen molar-refractivity contribution >= 4 is 21.8 Å². The predicted octanol–water partition coefficient (Wildman–Crippen LogP) is 1.60. The molecule has 2 aliphatic rings. The molecule has 2 heterocycles. The number of piperazine rings is 1. The van der Waals surface area contributed by atoms with Crippen molar-refractivity contribution in [1.29, 1.82) is 0 Å². The van der Waals surface area contributed by atoms with E-state index in [0.717, 1.165) is 22.0 Å². The van der Waals surface area contributed by atoms with Gasteiger partial charge in [0.1, 0.15) is 12.6 Å². The zero-order chi connectivity index (χ0) is 22.2. The molecule has 0 spiro atoms. The molecule has 1 unspecified atom stereocenters. The highest BCUT2D eigenvalue weighted by Crippen LogP contribution is 2.25. The molecule has 0 saturated carbocycles. The molecular formula is C21H21F2N3O4S. The molecule has 1 atom stereocenters. The van der Waals surface area contributed by atoms with E-state index in [2.05, 4.69) is 0 Å². The van der Waals surface area contributed by atoms with E-state index in [9.17, 15) is 26.8 Å². The van der Waals surface area contributed by atoms with E-state index in [1.807, 2.05) is 30.3 Å². The molecule has 2 aromatic carbocycles. The van der Waals surface area contributed by atoms with Crippen molar-refractivity contribution in [3.63, 3.8) is 0 Å². The Labute approximate surface area is 178 Å². The summed E-state index contributed by atoms with van der Waals surface area (Å²) in [5.74, 6) is -2.86. The molecule has 2 aromatic rings. The van der Waals surface area contributed by atoms with E-state index in [4.69, 9.17) is 0 Å². The van der Waals surface area contributed by atoms with Crippen LogP contribution < -0.4 is 0 Å². The maximum atomic E-state index is 13.6. The van der Waals surface area contributed by atoms with Crippen molar-refractivity contribution in [3.05, 3.63) is 65.7 Å². The summed E-state index contributed by atoms with van der Waals surface area (Å²) in [5, 5.41) is 0. The van der Waals surface area contributed by atoms with Gasteiger partial charge < -0.3 is 9.80 Å². The number of nitrogens with zero attached hydrogens (tertiary/aromatic N) is 3. The van der Waals surface area contributed by atoms with E-state index in [-0.39, 0.29) is 49.3 Å². The molecule has 0 N–H and O–H groups in total. The van der Waals surface area contributed by atoms with Crippen LogP contribution in [0.25, 0.3) is 0 Å². The third kappa shape index (κ3) is 4.17. The number of halogens is 2. The first-order chi connectivity index (χ1) is 14.8. The first-order valence-corrected chi connectivity index (χ1v) is 11.3. The van der Waals surface area contributed by atoms with Gasteiger partial charge in [-0.25, -0.2) is 17.2 Å². The van der Waals surface area contributed by atoms with Crippen LogP contribution in [0.1, 0.15) is 12.0 Å². The molecule has 0 aromatic heterocycles. The maximum Gasteiger partial charge on any atom is 0.246 e. The minimum absolute atomic E-state index is 0.0132. The zero-order valence-electron chi connectivity index (χ0n) is 16.6. The fourth-order valence-corrected chi connectivity index (χ4v) is 5.43. The van der Waals surface area contributed by atoms with Crippen LogP contribution in [0, 0.1) is 11.6 Å². The Morgan fingerprint density at radius 3 is 2.39 bits per heavy atom. The van der Waals surface area contributed by atoms with Crippen molar-refractivity contribution in [3.8, 4) is 0 Å². The second-order valence-corrected chi connectivity index (χ2v) is 9.49. The highest BCUT2D eigenvalue weighted by molar-refractivity contribution is 7.89. The highest BCUT2D eigenvalue weighted by Gasteiger charge is 2.42. The van der Waals surface area contributed by atoms with E-state index >= 15 is 0 Å². The van der Waals surface area contributed by atoms with Crippen LogP contribution in [0.15, 0.2) is 53.4 Å². The lowest BCUT2D eigenvalue weighted by Crippen LogP contribution is -2.59. The minimum atomic E-state index is -4.10.